The van der Waals surface area contributed by atoms with E-state index in [0.29, 0.717) is 42.2 Å². The second-order valence-corrected chi connectivity index (χ2v) is 9.32. The fourth-order valence-corrected chi connectivity index (χ4v) is 4.56. The molecule has 1 aromatic carbocycles. The van der Waals surface area contributed by atoms with Crippen molar-refractivity contribution >= 4 is 15.9 Å². The molecule has 2 atom stereocenters. The van der Waals surface area contributed by atoms with Gasteiger partial charge in [-0.15, -0.1) is 0 Å². The highest BCUT2D eigenvalue weighted by Gasteiger charge is 2.43. The number of carbonyl (C=O) groups excluding carboxylic acids is 1. The molecule has 2 unspecified atom stereocenters. The van der Waals surface area contributed by atoms with E-state index in [2.05, 4.69) is 10.3 Å². The van der Waals surface area contributed by atoms with E-state index in [0.717, 1.165) is 11.8 Å². The fourth-order valence-electron chi connectivity index (χ4n) is 4.17. The molecule has 0 aliphatic carbocycles. The first-order valence-corrected chi connectivity index (χ1v) is 11.9. The number of carbonyl (C=O) groups is 1. The summed E-state index contributed by atoms with van der Waals surface area (Å²) in [7, 11) is 0.907. The van der Waals surface area contributed by atoms with Crippen LogP contribution in [0.25, 0.3) is 0 Å². The number of ether oxygens (including phenoxy) is 3. The molecule has 10 heteroatoms. The summed E-state index contributed by atoms with van der Waals surface area (Å²) in [6.45, 7) is 0.500. The average molecular weight is 465 g/mol. The quantitative estimate of drug-likeness (QED) is 0.416. The Morgan fingerprint density at radius 1 is 1.09 bits per heavy atom. The first-order valence-electron chi connectivity index (χ1n) is 10.1. The van der Waals surface area contributed by atoms with Crippen molar-refractivity contribution in [2.24, 2.45) is 0 Å². The lowest BCUT2D eigenvalue weighted by Gasteiger charge is -2.29. The zero-order valence-electron chi connectivity index (χ0n) is 18.6. The highest BCUT2D eigenvalue weighted by atomic mass is 32.2. The SMILES string of the molecule is COc1ccc(C(=O)C2CC(CCOS(C)(=O)=O)(c3ccncc3)CN2)c(OC)c1OC. The number of hydrogen-bond donors (Lipinski definition) is 1. The average Bonchev–Trinajstić information content (AvgIpc) is 3.22. The third-order valence-electron chi connectivity index (χ3n) is 5.74. The summed E-state index contributed by atoms with van der Waals surface area (Å²) >= 11 is 0. The Morgan fingerprint density at radius 2 is 1.78 bits per heavy atom. The van der Waals surface area contributed by atoms with Crippen molar-refractivity contribution in [3.8, 4) is 17.2 Å². The minimum absolute atomic E-state index is 0.0173. The van der Waals surface area contributed by atoms with E-state index < -0.39 is 21.6 Å². The molecule has 0 spiro atoms. The lowest BCUT2D eigenvalue weighted by Crippen LogP contribution is -2.31. The zero-order valence-corrected chi connectivity index (χ0v) is 19.4. The molecule has 174 valence electrons. The summed E-state index contributed by atoms with van der Waals surface area (Å²) in [5.74, 6) is 0.966. The van der Waals surface area contributed by atoms with E-state index >= 15 is 0 Å². The normalized spacial score (nSPS) is 20.7. The molecule has 9 nitrogen and oxygen atoms in total. The van der Waals surface area contributed by atoms with E-state index in [-0.39, 0.29) is 12.4 Å². The van der Waals surface area contributed by atoms with Crippen molar-refractivity contribution in [2.75, 3.05) is 40.7 Å². The predicted molar refractivity (Wildman–Crippen MR) is 118 cm³/mol. The number of rotatable bonds is 10. The van der Waals surface area contributed by atoms with Crippen LogP contribution in [0.15, 0.2) is 36.7 Å². The number of benzene rings is 1. The summed E-state index contributed by atoms with van der Waals surface area (Å²) in [5, 5.41) is 3.31. The van der Waals surface area contributed by atoms with Crippen LogP contribution in [0.3, 0.4) is 0 Å². The van der Waals surface area contributed by atoms with Gasteiger partial charge in [-0.25, -0.2) is 0 Å². The summed E-state index contributed by atoms with van der Waals surface area (Å²) in [6.07, 6.45) is 5.26. The molecular weight excluding hydrogens is 436 g/mol. The number of nitrogens with one attached hydrogen (secondary N) is 1. The van der Waals surface area contributed by atoms with Gasteiger partial charge >= 0.3 is 0 Å². The van der Waals surface area contributed by atoms with Gasteiger partial charge in [-0.05, 0) is 42.7 Å². The van der Waals surface area contributed by atoms with Crippen molar-refractivity contribution in [2.45, 2.75) is 24.3 Å². The second-order valence-electron chi connectivity index (χ2n) is 7.68. The van der Waals surface area contributed by atoms with Crippen molar-refractivity contribution < 1.29 is 31.6 Å². The van der Waals surface area contributed by atoms with Crippen molar-refractivity contribution in [3.63, 3.8) is 0 Å². The van der Waals surface area contributed by atoms with Gasteiger partial charge in [0.25, 0.3) is 10.1 Å². The Balaban J connectivity index is 1.90. The Morgan fingerprint density at radius 3 is 2.38 bits per heavy atom. The summed E-state index contributed by atoms with van der Waals surface area (Å²) in [4.78, 5) is 17.5. The van der Waals surface area contributed by atoms with Gasteiger partial charge in [-0.2, -0.15) is 8.42 Å². The first-order chi connectivity index (χ1) is 15.2. The number of Topliss-reactive ketones (excluding diaryl/α,β-unsaturated/α-hetero) is 1. The van der Waals surface area contributed by atoms with Gasteiger partial charge < -0.3 is 19.5 Å². The molecule has 1 saturated heterocycles. The molecule has 0 radical (unpaired) electrons. The van der Waals surface area contributed by atoms with Crippen molar-refractivity contribution in [1.29, 1.82) is 0 Å². The number of ketones is 1. The third kappa shape index (κ3) is 5.03. The molecule has 1 N–H and O–H groups in total. The van der Waals surface area contributed by atoms with Crippen LogP contribution in [0, 0.1) is 0 Å². The van der Waals surface area contributed by atoms with Crippen LogP contribution in [0.2, 0.25) is 0 Å². The molecule has 1 aliphatic rings. The van der Waals surface area contributed by atoms with Crippen LogP contribution in [-0.2, 0) is 19.7 Å². The van der Waals surface area contributed by atoms with Crippen LogP contribution >= 0.6 is 0 Å². The van der Waals surface area contributed by atoms with Crippen LogP contribution in [0.4, 0.5) is 0 Å². The van der Waals surface area contributed by atoms with Gasteiger partial charge in [0, 0.05) is 24.4 Å². The predicted octanol–water partition coefficient (Wildman–Crippen LogP) is 1.96. The standard InChI is InChI=1S/C22H28N2O7S/c1-28-18-6-5-16(20(29-2)21(18)30-3)19(25)17-13-22(14-24-17,9-12-31-32(4,26)27)15-7-10-23-11-8-15/h5-8,10-11,17,24H,9,12-14H2,1-4H3. The minimum Gasteiger partial charge on any atom is -0.493 e. The number of hydrogen-bond acceptors (Lipinski definition) is 9. The van der Waals surface area contributed by atoms with Crippen LogP contribution in [0.1, 0.15) is 28.8 Å². The van der Waals surface area contributed by atoms with Gasteiger partial charge in [-0.3, -0.25) is 14.0 Å². The third-order valence-corrected chi connectivity index (χ3v) is 6.33. The smallest absolute Gasteiger partial charge is 0.264 e. The number of nitrogens with zero attached hydrogens (tertiary/aromatic N) is 1. The molecule has 3 rings (SSSR count). The topological polar surface area (TPSA) is 113 Å². The molecule has 2 aromatic rings. The Kier molecular flexibility index (Phi) is 7.37. The highest BCUT2D eigenvalue weighted by Crippen LogP contribution is 2.42. The van der Waals surface area contributed by atoms with Crippen molar-refractivity contribution in [3.05, 3.63) is 47.8 Å². The van der Waals surface area contributed by atoms with E-state index in [1.54, 1.807) is 24.5 Å². The summed E-state index contributed by atoms with van der Waals surface area (Å²) in [5.41, 5.74) is 0.852. The van der Waals surface area contributed by atoms with Gasteiger partial charge in [0.05, 0.1) is 45.8 Å². The fraction of sp³-hybridized carbons (Fsp3) is 0.455. The Labute approximate surface area is 188 Å². The summed E-state index contributed by atoms with van der Waals surface area (Å²) < 4.78 is 44.1. The molecule has 0 amide bonds. The van der Waals surface area contributed by atoms with Crippen LogP contribution < -0.4 is 19.5 Å². The lowest BCUT2D eigenvalue weighted by molar-refractivity contribution is 0.0944. The van der Waals surface area contributed by atoms with E-state index in [9.17, 15) is 13.2 Å². The molecular formula is C22H28N2O7S. The van der Waals surface area contributed by atoms with Crippen LogP contribution in [-0.4, -0.2) is 66.0 Å². The molecule has 1 aromatic heterocycles. The lowest BCUT2D eigenvalue weighted by atomic mass is 9.75. The van der Waals surface area contributed by atoms with Crippen molar-refractivity contribution in [1.82, 2.24) is 10.3 Å². The van der Waals surface area contributed by atoms with E-state index in [4.69, 9.17) is 18.4 Å². The molecule has 1 aliphatic heterocycles. The maximum absolute atomic E-state index is 13.5. The molecule has 0 saturated carbocycles. The monoisotopic (exact) mass is 464 g/mol. The largest absolute Gasteiger partial charge is 0.493 e. The van der Waals surface area contributed by atoms with Gasteiger partial charge in [-0.1, -0.05) is 0 Å². The minimum atomic E-state index is -3.56. The zero-order chi connectivity index (χ0) is 23.4. The van der Waals surface area contributed by atoms with Gasteiger partial charge in [0.15, 0.2) is 17.3 Å². The number of aromatic nitrogens is 1. The number of pyridine rings is 1. The molecule has 2 heterocycles. The summed E-state index contributed by atoms with van der Waals surface area (Å²) in [6, 6.07) is 6.58. The number of methoxy groups -OCH3 is 3. The second kappa shape index (κ2) is 9.85. The maximum Gasteiger partial charge on any atom is 0.264 e. The Bertz CT molecular complexity index is 1060. The van der Waals surface area contributed by atoms with Gasteiger partial charge in [0.1, 0.15) is 0 Å². The Hall–Kier alpha value is -2.69. The molecule has 0 bridgehead atoms. The maximum atomic E-state index is 13.5. The van der Waals surface area contributed by atoms with E-state index in [1.807, 2.05) is 12.1 Å². The molecule has 32 heavy (non-hydrogen) atoms. The molecule has 1 fully saturated rings. The first kappa shape index (κ1) is 24.0. The van der Waals surface area contributed by atoms with Gasteiger partial charge in [0.2, 0.25) is 5.75 Å². The van der Waals surface area contributed by atoms with Crippen LogP contribution in [0.5, 0.6) is 17.2 Å². The van der Waals surface area contributed by atoms with E-state index in [1.165, 1.54) is 21.3 Å². The highest BCUT2D eigenvalue weighted by molar-refractivity contribution is 7.85.